The number of nitrogens with one attached hydrogen (secondary N) is 1. The molecule has 1 N–H and O–H groups in total. The molecule has 2 amide bonds. The van der Waals surface area contributed by atoms with Crippen molar-refractivity contribution in [2.45, 2.75) is 75.5 Å². The first kappa shape index (κ1) is 22.0. The van der Waals surface area contributed by atoms with Gasteiger partial charge in [0.25, 0.3) is 0 Å². The molecule has 2 saturated carbocycles. The molecule has 2 heterocycles. The number of carbonyl (C=O) groups excluding carboxylic acids is 2. The number of piperidine rings is 1. The summed E-state index contributed by atoms with van der Waals surface area (Å²) < 4.78 is -0.459. The minimum Gasteiger partial charge on any atom is -0.343 e. The molecule has 1 aromatic rings. The Hall–Kier alpha value is -1.82. The predicted octanol–water partition coefficient (Wildman–Crippen LogP) is 4.41. The number of aryl methyl sites for hydroxylation is 1. The topological polar surface area (TPSA) is 61.8 Å². The number of aliphatic imine (C=N–C) groups is 1. The summed E-state index contributed by atoms with van der Waals surface area (Å²) >= 11 is 1.65. The Morgan fingerprint density at radius 2 is 1.94 bits per heavy atom. The Balaban J connectivity index is 1.11. The summed E-state index contributed by atoms with van der Waals surface area (Å²) in [7, 11) is 0. The number of carbonyl (C=O) groups is 2. The lowest BCUT2D eigenvalue weighted by Crippen LogP contribution is -2.47. The second-order valence-corrected chi connectivity index (χ2v) is 11.8. The third-order valence-electron chi connectivity index (χ3n) is 8.29. The van der Waals surface area contributed by atoms with E-state index in [9.17, 15) is 9.59 Å². The summed E-state index contributed by atoms with van der Waals surface area (Å²) in [4.78, 5) is 32.6. The number of amidine groups is 1. The number of hydrogen-bond acceptors (Lipinski definition) is 4. The van der Waals surface area contributed by atoms with Crippen molar-refractivity contribution in [2.24, 2.45) is 22.7 Å². The van der Waals surface area contributed by atoms with Gasteiger partial charge in [-0.3, -0.25) is 14.6 Å². The molecule has 6 heteroatoms. The van der Waals surface area contributed by atoms with E-state index in [4.69, 9.17) is 4.99 Å². The molecular weight excluding hydrogens is 418 g/mol. The average molecular weight is 454 g/mol. The van der Waals surface area contributed by atoms with Gasteiger partial charge in [-0.1, -0.05) is 48.5 Å². The van der Waals surface area contributed by atoms with Gasteiger partial charge in [-0.2, -0.15) is 0 Å². The van der Waals surface area contributed by atoms with E-state index >= 15 is 0 Å². The molecule has 5 rings (SSSR count). The smallest absolute Gasteiger partial charge is 0.242 e. The number of likely N-dealkylation sites (tertiary alicyclic amines) is 1. The number of benzene rings is 1. The Morgan fingerprint density at radius 3 is 2.62 bits per heavy atom. The van der Waals surface area contributed by atoms with Gasteiger partial charge in [0.15, 0.2) is 5.17 Å². The molecule has 4 atom stereocenters. The summed E-state index contributed by atoms with van der Waals surface area (Å²) in [5, 5.41) is 3.94. The molecule has 4 fully saturated rings. The largest absolute Gasteiger partial charge is 0.343 e. The molecule has 5 nitrogen and oxygen atoms in total. The minimum atomic E-state index is -0.459. The van der Waals surface area contributed by atoms with Gasteiger partial charge in [-0.25, -0.2) is 0 Å². The van der Waals surface area contributed by atoms with E-state index in [2.05, 4.69) is 24.4 Å². The first-order valence-corrected chi connectivity index (χ1v) is 13.2. The zero-order valence-corrected chi connectivity index (χ0v) is 19.9. The lowest BCUT2D eigenvalue weighted by atomic mass is 9.84. The molecule has 32 heavy (non-hydrogen) atoms. The predicted molar refractivity (Wildman–Crippen MR) is 129 cm³/mol. The van der Waals surface area contributed by atoms with Crippen molar-refractivity contribution < 1.29 is 9.59 Å². The number of hydrogen-bond donors (Lipinski definition) is 1. The van der Waals surface area contributed by atoms with Crippen LogP contribution >= 0.6 is 11.8 Å². The van der Waals surface area contributed by atoms with Gasteiger partial charge in [0, 0.05) is 19.5 Å². The van der Waals surface area contributed by atoms with Crippen LogP contribution in [-0.2, 0) is 16.0 Å². The van der Waals surface area contributed by atoms with Crippen LogP contribution in [0.4, 0.5) is 0 Å². The van der Waals surface area contributed by atoms with Crippen molar-refractivity contribution in [1.82, 2.24) is 10.2 Å². The highest BCUT2D eigenvalue weighted by molar-refractivity contribution is 8.16. The van der Waals surface area contributed by atoms with Gasteiger partial charge in [0.1, 0.15) is 4.75 Å². The molecule has 2 bridgehead atoms. The van der Waals surface area contributed by atoms with Gasteiger partial charge in [0.05, 0.1) is 6.04 Å². The highest BCUT2D eigenvalue weighted by atomic mass is 32.2. The fourth-order valence-electron chi connectivity index (χ4n) is 6.27. The van der Waals surface area contributed by atoms with E-state index in [0.717, 1.165) is 55.8 Å². The van der Waals surface area contributed by atoms with Crippen LogP contribution in [0.15, 0.2) is 35.3 Å². The maximum Gasteiger partial charge on any atom is 0.242 e. The summed E-state index contributed by atoms with van der Waals surface area (Å²) in [5.41, 5.74) is 1.29. The summed E-state index contributed by atoms with van der Waals surface area (Å²) in [6.45, 7) is 3.60. The van der Waals surface area contributed by atoms with Crippen molar-refractivity contribution in [3.63, 3.8) is 0 Å². The van der Waals surface area contributed by atoms with Crippen LogP contribution in [0.3, 0.4) is 0 Å². The zero-order chi connectivity index (χ0) is 22.1. The normalized spacial score (nSPS) is 33.8. The van der Waals surface area contributed by atoms with Crippen molar-refractivity contribution in [1.29, 1.82) is 0 Å². The van der Waals surface area contributed by atoms with Gasteiger partial charge in [-0.15, -0.1) is 0 Å². The number of fused-ring (bicyclic) bond motifs is 2. The Kier molecular flexibility index (Phi) is 6.33. The molecule has 0 radical (unpaired) electrons. The summed E-state index contributed by atoms with van der Waals surface area (Å²) in [5.74, 6) is 2.24. The van der Waals surface area contributed by atoms with E-state index in [1.807, 2.05) is 23.1 Å². The first-order valence-electron chi connectivity index (χ1n) is 12.4. The molecule has 0 spiro atoms. The molecule has 1 aromatic carbocycles. The fourth-order valence-corrected chi connectivity index (χ4v) is 7.55. The summed E-state index contributed by atoms with van der Waals surface area (Å²) in [6.07, 6.45) is 9.43. The zero-order valence-electron chi connectivity index (χ0n) is 19.1. The van der Waals surface area contributed by atoms with E-state index in [-0.39, 0.29) is 17.7 Å². The number of thioether (sulfide) groups is 1. The van der Waals surface area contributed by atoms with Gasteiger partial charge in [-0.05, 0) is 75.2 Å². The van der Waals surface area contributed by atoms with Crippen LogP contribution in [0.25, 0.3) is 0 Å². The molecule has 172 valence electrons. The molecule has 2 saturated heterocycles. The van der Waals surface area contributed by atoms with Crippen LogP contribution in [-0.4, -0.2) is 45.8 Å². The monoisotopic (exact) mass is 453 g/mol. The fraction of sp³-hybridized carbons (Fsp3) is 0.654. The lowest BCUT2D eigenvalue weighted by Gasteiger charge is -2.38. The minimum absolute atomic E-state index is 0.108. The summed E-state index contributed by atoms with van der Waals surface area (Å²) in [6, 6.07) is 10.8. The van der Waals surface area contributed by atoms with Crippen LogP contribution in [0.1, 0.15) is 63.9 Å². The van der Waals surface area contributed by atoms with Crippen molar-refractivity contribution in [3.8, 4) is 0 Å². The maximum atomic E-state index is 12.9. The first-order chi connectivity index (χ1) is 15.5. The van der Waals surface area contributed by atoms with E-state index in [1.54, 1.807) is 11.8 Å². The van der Waals surface area contributed by atoms with Gasteiger partial charge < -0.3 is 10.2 Å². The Labute approximate surface area is 195 Å². The third kappa shape index (κ3) is 4.48. The number of nitrogens with zero attached hydrogens (tertiary/aromatic N) is 2. The SMILES string of the molecule is CC1(C2CCN(C(=O)CCCc3ccccc3)CC2)SC(=N[C@H]2C[C@@H]3CC[C@H]2C3)NC1=O. The lowest BCUT2D eigenvalue weighted by molar-refractivity contribution is -0.133. The van der Waals surface area contributed by atoms with Crippen molar-refractivity contribution >= 4 is 28.7 Å². The van der Waals surface area contributed by atoms with Crippen molar-refractivity contribution in [2.75, 3.05) is 13.1 Å². The van der Waals surface area contributed by atoms with Gasteiger partial charge >= 0.3 is 0 Å². The van der Waals surface area contributed by atoms with E-state index in [0.29, 0.717) is 12.5 Å². The standard InChI is InChI=1S/C26H35N3O2S/c1-26(24(31)28-25(32-26)27-22-17-19-10-11-20(22)16-19)21-12-14-29(15-13-21)23(30)9-5-8-18-6-3-2-4-7-18/h2-4,6-7,19-22H,5,8-17H2,1H3,(H,27,28,31)/t19-,20+,22+,26?/m1/s1. The molecular formula is C26H35N3O2S. The molecule has 2 aliphatic heterocycles. The van der Waals surface area contributed by atoms with Crippen LogP contribution in [0, 0.1) is 17.8 Å². The van der Waals surface area contributed by atoms with Crippen LogP contribution in [0.2, 0.25) is 0 Å². The molecule has 4 aliphatic rings. The second-order valence-electron chi connectivity index (χ2n) is 10.3. The molecule has 1 unspecified atom stereocenters. The Morgan fingerprint density at radius 1 is 1.16 bits per heavy atom. The number of amides is 2. The highest BCUT2D eigenvalue weighted by Crippen LogP contribution is 2.48. The number of rotatable bonds is 6. The van der Waals surface area contributed by atoms with Crippen LogP contribution in [0.5, 0.6) is 0 Å². The van der Waals surface area contributed by atoms with E-state index in [1.165, 1.54) is 31.2 Å². The quantitative estimate of drug-likeness (QED) is 0.694. The molecule has 2 aliphatic carbocycles. The Bertz CT molecular complexity index is 880. The highest BCUT2D eigenvalue weighted by Gasteiger charge is 2.50. The average Bonchev–Trinajstić information content (AvgIpc) is 3.50. The van der Waals surface area contributed by atoms with Crippen molar-refractivity contribution in [3.05, 3.63) is 35.9 Å². The van der Waals surface area contributed by atoms with Crippen LogP contribution < -0.4 is 5.32 Å². The molecule has 0 aromatic heterocycles. The maximum absolute atomic E-state index is 12.9. The van der Waals surface area contributed by atoms with E-state index < -0.39 is 4.75 Å². The second kappa shape index (κ2) is 9.20. The third-order valence-corrected chi connectivity index (χ3v) is 9.63. The van der Waals surface area contributed by atoms with Gasteiger partial charge in [0.2, 0.25) is 11.8 Å².